The van der Waals surface area contributed by atoms with Gasteiger partial charge in [-0.3, -0.25) is 0 Å². The summed E-state index contributed by atoms with van der Waals surface area (Å²) in [7, 11) is 1.64. The Kier molecular flexibility index (Phi) is 5.12. The van der Waals surface area contributed by atoms with Gasteiger partial charge in [-0.1, -0.05) is 13.0 Å². The molecular formula is C12H19NO2S. The largest absolute Gasteiger partial charge is 0.496 e. The van der Waals surface area contributed by atoms with E-state index in [0.717, 1.165) is 16.2 Å². The molecule has 90 valence electrons. The maximum absolute atomic E-state index is 9.07. The normalized spacial score (nSPS) is 14.6. The average molecular weight is 241 g/mol. The van der Waals surface area contributed by atoms with Crippen LogP contribution >= 0.6 is 11.8 Å². The van der Waals surface area contributed by atoms with Gasteiger partial charge in [-0.2, -0.15) is 0 Å². The molecule has 0 saturated heterocycles. The lowest BCUT2D eigenvalue weighted by molar-refractivity contribution is 0.300. The zero-order valence-electron chi connectivity index (χ0n) is 9.93. The third-order valence-electron chi connectivity index (χ3n) is 2.29. The quantitative estimate of drug-likeness (QED) is 0.776. The van der Waals surface area contributed by atoms with Crippen molar-refractivity contribution in [3.8, 4) is 5.75 Å². The van der Waals surface area contributed by atoms with Crippen LogP contribution in [0.15, 0.2) is 23.1 Å². The molecule has 1 aromatic rings. The monoisotopic (exact) mass is 241 g/mol. The Hall–Kier alpha value is -0.710. The molecule has 3 N–H and O–H groups in total. The van der Waals surface area contributed by atoms with Crippen LogP contribution in [0.25, 0.3) is 0 Å². The SMILES string of the molecule is COc1cccc(SC(C)CO)c1[C@H](C)N. The van der Waals surface area contributed by atoms with Gasteiger partial charge in [0.1, 0.15) is 5.75 Å². The van der Waals surface area contributed by atoms with Crippen molar-refractivity contribution in [3.63, 3.8) is 0 Å². The van der Waals surface area contributed by atoms with E-state index in [0.29, 0.717) is 0 Å². The fourth-order valence-corrected chi connectivity index (χ4v) is 2.59. The summed E-state index contributed by atoms with van der Waals surface area (Å²) in [6.07, 6.45) is 0. The summed E-state index contributed by atoms with van der Waals surface area (Å²) in [5.74, 6) is 0.810. The van der Waals surface area contributed by atoms with Gasteiger partial charge in [0.15, 0.2) is 0 Å². The highest BCUT2D eigenvalue weighted by atomic mass is 32.2. The van der Waals surface area contributed by atoms with Crippen molar-refractivity contribution < 1.29 is 9.84 Å². The van der Waals surface area contributed by atoms with Crippen molar-refractivity contribution in [3.05, 3.63) is 23.8 Å². The smallest absolute Gasteiger partial charge is 0.124 e. The highest BCUT2D eigenvalue weighted by molar-refractivity contribution is 8.00. The molecule has 0 aromatic heterocycles. The topological polar surface area (TPSA) is 55.5 Å². The third-order valence-corrected chi connectivity index (χ3v) is 3.45. The minimum absolute atomic E-state index is 0.0791. The molecule has 0 aliphatic rings. The first kappa shape index (κ1) is 13.4. The van der Waals surface area contributed by atoms with E-state index in [4.69, 9.17) is 15.6 Å². The Morgan fingerprint density at radius 3 is 2.62 bits per heavy atom. The fourth-order valence-electron chi connectivity index (χ4n) is 1.51. The van der Waals surface area contributed by atoms with Crippen LogP contribution in [0.2, 0.25) is 0 Å². The summed E-state index contributed by atoms with van der Waals surface area (Å²) in [6, 6.07) is 5.78. The van der Waals surface area contributed by atoms with E-state index in [2.05, 4.69) is 0 Å². The minimum Gasteiger partial charge on any atom is -0.496 e. The van der Waals surface area contributed by atoms with Crippen molar-refractivity contribution >= 4 is 11.8 Å². The molecule has 0 heterocycles. The van der Waals surface area contributed by atoms with E-state index in [1.54, 1.807) is 18.9 Å². The van der Waals surface area contributed by atoms with Gasteiger partial charge in [0.25, 0.3) is 0 Å². The predicted octanol–water partition coefficient (Wildman–Crippen LogP) is 2.19. The number of aliphatic hydroxyl groups excluding tert-OH is 1. The first-order valence-corrected chi connectivity index (χ1v) is 6.18. The summed E-state index contributed by atoms with van der Waals surface area (Å²) in [6.45, 7) is 4.07. The van der Waals surface area contributed by atoms with Crippen LogP contribution in [-0.4, -0.2) is 24.1 Å². The standard InChI is InChI=1S/C12H19NO2S/c1-8(7-14)16-11-6-4-5-10(15-3)12(11)9(2)13/h4-6,8-9,14H,7,13H2,1-3H3/t8?,9-/m0/s1. The van der Waals surface area contributed by atoms with Crippen LogP contribution in [0.1, 0.15) is 25.5 Å². The Morgan fingerprint density at radius 1 is 1.44 bits per heavy atom. The van der Waals surface area contributed by atoms with Gasteiger partial charge >= 0.3 is 0 Å². The van der Waals surface area contributed by atoms with Crippen LogP contribution in [-0.2, 0) is 0 Å². The van der Waals surface area contributed by atoms with Gasteiger partial charge in [-0.25, -0.2) is 0 Å². The highest BCUT2D eigenvalue weighted by Gasteiger charge is 2.15. The number of benzene rings is 1. The molecule has 0 bridgehead atoms. The molecule has 0 aliphatic heterocycles. The van der Waals surface area contributed by atoms with Crippen molar-refractivity contribution in [2.24, 2.45) is 5.73 Å². The summed E-state index contributed by atoms with van der Waals surface area (Å²) in [5.41, 5.74) is 6.96. The van der Waals surface area contributed by atoms with E-state index >= 15 is 0 Å². The summed E-state index contributed by atoms with van der Waals surface area (Å²) in [4.78, 5) is 1.08. The van der Waals surface area contributed by atoms with Crippen molar-refractivity contribution in [2.45, 2.75) is 30.0 Å². The van der Waals surface area contributed by atoms with E-state index in [9.17, 15) is 0 Å². The Morgan fingerprint density at radius 2 is 2.12 bits per heavy atom. The van der Waals surface area contributed by atoms with Crippen LogP contribution < -0.4 is 10.5 Å². The maximum atomic E-state index is 9.07. The van der Waals surface area contributed by atoms with E-state index in [1.165, 1.54) is 0 Å². The molecule has 0 saturated carbocycles. The Balaban J connectivity index is 3.07. The number of hydrogen-bond acceptors (Lipinski definition) is 4. The van der Waals surface area contributed by atoms with Crippen LogP contribution in [0.3, 0.4) is 0 Å². The number of aliphatic hydroxyl groups is 1. The van der Waals surface area contributed by atoms with Gasteiger partial charge in [-0.15, -0.1) is 11.8 Å². The van der Waals surface area contributed by atoms with E-state index < -0.39 is 0 Å². The maximum Gasteiger partial charge on any atom is 0.124 e. The lowest BCUT2D eigenvalue weighted by atomic mass is 10.1. The summed E-state index contributed by atoms with van der Waals surface area (Å²) >= 11 is 1.62. The molecule has 0 radical (unpaired) electrons. The third kappa shape index (κ3) is 3.14. The fraction of sp³-hybridized carbons (Fsp3) is 0.500. The molecule has 2 atom stereocenters. The number of ether oxygens (including phenoxy) is 1. The second-order valence-electron chi connectivity index (χ2n) is 3.77. The zero-order chi connectivity index (χ0) is 12.1. The molecule has 16 heavy (non-hydrogen) atoms. The first-order valence-electron chi connectivity index (χ1n) is 5.30. The van der Waals surface area contributed by atoms with Crippen molar-refractivity contribution in [2.75, 3.05) is 13.7 Å². The van der Waals surface area contributed by atoms with Gasteiger partial charge < -0.3 is 15.6 Å². The number of thioether (sulfide) groups is 1. The second kappa shape index (κ2) is 6.13. The predicted molar refractivity (Wildman–Crippen MR) is 68.0 cm³/mol. The second-order valence-corrected chi connectivity index (χ2v) is 5.25. The minimum atomic E-state index is -0.0791. The number of rotatable bonds is 5. The molecule has 0 aliphatic carbocycles. The molecule has 1 aromatic carbocycles. The van der Waals surface area contributed by atoms with Gasteiger partial charge in [0.05, 0.1) is 13.7 Å². The summed E-state index contributed by atoms with van der Waals surface area (Å²) < 4.78 is 5.31. The van der Waals surface area contributed by atoms with E-state index in [-0.39, 0.29) is 17.9 Å². The van der Waals surface area contributed by atoms with Gasteiger partial charge in [-0.05, 0) is 19.1 Å². The molecular weight excluding hydrogens is 222 g/mol. The van der Waals surface area contributed by atoms with Crippen LogP contribution in [0.5, 0.6) is 5.75 Å². The van der Waals surface area contributed by atoms with Crippen LogP contribution in [0.4, 0.5) is 0 Å². The number of methoxy groups -OCH3 is 1. The van der Waals surface area contributed by atoms with Crippen LogP contribution in [0, 0.1) is 0 Å². The molecule has 4 heteroatoms. The number of nitrogens with two attached hydrogens (primary N) is 1. The molecule has 3 nitrogen and oxygen atoms in total. The molecule has 0 spiro atoms. The van der Waals surface area contributed by atoms with Crippen molar-refractivity contribution in [1.29, 1.82) is 0 Å². The lowest BCUT2D eigenvalue weighted by Crippen LogP contribution is -2.10. The Bertz CT molecular complexity index is 342. The Labute approximate surface area is 101 Å². The average Bonchev–Trinajstić information content (AvgIpc) is 2.28. The summed E-state index contributed by atoms with van der Waals surface area (Å²) in [5, 5.41) is 9.23. The van der Waals surface area contributed by atoms with E-state index in [1.807, 2.05) is 32.0 Å². The molecule has 0 amide bonds. The van der Waals surface area contributed by atoms with Gasteiger partial charge in [0, 0.05) is 21.8 Å². The highest BCUT2D eigenvalue weighted by Crippen LogP contribution is 2.35. The molecule has 1 unspecified atom stereocenters. The number of hydrogen-bond donors (Lipinski definition) is 2. The molecule has 0 fully saturated rings. The molecule has 1 rings (SSSR count). The van der Waals surface area contributed by atoms with Crippen molar-refractivity contribution in [1.82, 2.24) is 0 Å². The first-order chi connectivity index (χ1) is 7.60. The zero-order valence-corrected chi connectivity index (χ0v) is 10.8. The van der Waals surface area contributed by atoms with Gasteiger partial charge in [0.2, 0.25) is 0 Å². The lowest BCUT2D eigenvalue weighted by Gasteiger charge is -2.18.